The minimum atomic E-state index is -0.422. The molecular formula is C22H28O4. The molecule has 0 radical (unpaired) electrons. The van der Waals surface area contributed by atoms with Crippen LogP contribution in [-0.4, -0.2) is 18.2 Å². The van der Waals surface area contributed by atoms with E-state index in [1.54, 1.807) is 6.07 Å². The van der Waals surface area contributed by atoms with E-state index in [2.05, 4.69) is 6.92 Å². The predicted molar refractivity (Wildman–Crippen MR) is 103 cm³/mol. The van der Waals surface area contributed by atoms with Crippen molar-refractivity contribution in [3.05, 3.63) is 59.2 Å². The summed E-state index contributed by atoms with van der Waals surface area (Å²) in [5.41, 5.74) is 2.12. The Bertz CT molecular complexity index is 695. The molecule has 4 nitrogen and oxygen atoms in total. The fourth-order valence-electron chi connectivity index (χ4n) is 2.96. The summed E-state index contributed by atoms with van der Waals surface area (Å²) in [5, 5.41) is 9.95. The number of ether oxygens (including phenoxy) is 2. The largest absolute Gasteiger partial charge is 0.508 e. The molecule has 0 heterocycles. The molecule has 0 saturated carbocycles. The minimum Gasteiger partial charge on any atom is -0.508 e. The SMILES string of the molecule is CCCCCCCc1cc(O)cc(OC)c1C(=O)OCc1ccccc1. The van der Waals surface area contributed by atoms with Gasteiger partial charge in [-0.05, 0) is 30.0 Å². The zero-order valence-electron chi connectivity index (χ0n) is 15.7. The zero-order valence-corrected chi connectivity index (χ0v) is 15.7. The number of benzene rings is 2. The molecule has 0 aliphatic heterocycles. The molecule has 2 aromatic carbocycles. The number of phenols is 1. The highest BCUT2D eigenvalue weighted by molar-refractivity contribution is 5.94. The highest BCUT2D eigenvalue weighted by Crippen LogP contribution is 2.30. The molecule has 2 rings (SSSR count). The van der Waals surface area contributed by atoms with Crippen molar-refractivity contribution in [3.8, 4) is 11.5 Å². The summed E-state index contributed by atoms with van der Waals surface area (Å²) in [6, 6.07) is 12.7. The summed E-state index contributed by atoms with van der Waals surface area (Å²) in [7, 11) is 1.49. The van der Waals surface area contributed by atoms with Crippen LogP contribution in [0.1, 0.15) is 60.5 Å². The van der Waals surface area contributed by atoms with Crippen molar-refractivity contribution in [3.63, 3.8) is 0 Å². The smallest absolute Gasteiger partial charge is 0.342 e. The molecule has 0 fully saturated rings. The van der Waals surface area contributed by atoms with Gasteiger partial charge in [-0.2, -0.15) is 0 Å². The van der Waals surface area contributed by atoms with Crippen LogP contribution in [0.4, 0.5) is 0 Å². The molecule has 0 aliphatic carbocycles. The molecule has 0 spiro atoms. The van der Waals surface area contributed by atoms with Crippen LogP contribution < -0.4 is 4.74 Å². The normalized spacial score (nSPS) is 10.5. The number of rotatable bonds is 10. The molecule has 2 aromatic rings. The maximum atomic E-state index is 12.7. The van der Waals surface area contributed by atoms with E-state index in [1.807, 2.05) is 30.3 Å². The van der Waals surface area contributed by atoms with Gasteiger partial charge in [-0.15, -0.1) is 0 Å². The molecule has 140 valence electrons. The van der Waals surface area contributed by atoms with E-state index in [0.29, 0.717) is 17.7 Å². The molecule has 4 heteroatoms. The van der Waals surface area contributed by atoms with E-state index < -0.39 is 5.97 Å². The number of hydrogen-bond acceptors (Lipinski definition) is 4. The van der Waals surface area contributed by atoms with Crippen LogP contribution >= 0.6 is 0 Å². The lowest BCUT2D eigenvalue weighted by molar-refractivity contribution is 0.0467. The lowest BCUT2D eigenvalue weighted by atomic mass is 9.99. The Kier molecular flexibility index (Phi) is 8.00. The first kappa shape index (κ1) is 19.8. The van der Waals surface area contributed by atoms with Crippen LogP contribution in [0, 0.1) is 0 Å². The number of aromatic hydroxyl groups is 1. The molecule has 0 amide bonds. The second kappa shape index (κ2) is 10.5. The first-order valence-corrected chi connectivity index (χ1v) is 9.26. The van der Waals surface area contributed by atoms with Gasteiger partial charge in [0.15, 0.2) is 0 Å². The third-order valence-corrected chi connectivity index (χ3v) is 4.36. The number of methoxy groups -OCH3 is 1. The first-order valence-electron chi connectivity index (χ1n) is 9.26. The van der Waals surface area contributed by atoms with Gasteiger partial charge < -0.3 is 14.6 Å². The van der Waals surface area contributed by atoms with Gasteiger partial charge in [0, 0.05) is 6.07 Å². The quantitative estimate of drug-likeness (QED) is 0.465. The van der Waals surface area contributed by atoms with Crippen LogP contribution in [-0.2, 0) is 17.8 Å². The van der Waals surface area contributed by atoms with E-state index in [1.165, 1.54) is 32.4 Å². The van der Waals surface area contributed by atoms with Gasteiger partial charge in [-0.1, -0.05) is 62.9 Å². The molecule has 1 N–H and O–H groups in total. The number of phenolic OH excluding ortho intramolecular Hbond substituents is 1. The summed E-state index contributed by atoms with van der Waals surface area (Å²) in [5.74, 6) is 0.0332. The predicted octanol–water partition coefficient (Wildman–Crippen LogP) is 5.27. The lowest BCUT2D eigenvalue weighted by Gasteiger charge is -2.14. The second-order valence-electron chi connectivity index (χ2n) is 6.41. The summed E-state index contributed by atoms with van der Waals surface area (Å²) < 4.78 is 10.8. The van der Waals surface area contributed by atoms with Crippen molar-refractivity contribution < 1.29 is 19.4 Å². The van der Waals surface area contributed by atoms with Gasteiger partial charge in [0.1, 0.15) is 23.7 Å². The van der Waals surface area contributed by atoms with Crippen molar-refractivity contribution >= 4 is 5.97 Å². The minimum absolute atomic E-state index is 0.102. The standard InChI is InChI=1S/C22H28O4/c1-3-4-5-6-10-13-18-14-19(23)15-20(25-2)21(18)22(24)26-16-17-11-8-7-9-12-17/h7-9,11-12,14-15,23H,3-6,10,13,16H2,1-2H3. The van der Waals surface area contributed by atoms with Gasteiger partial charge in [-0.3, -0.25) is 0 Å². The Morgan fingerprint density at radius 2 is 1.77 bits per heavy atom. The monoisotopic (exact) mass is 356 g/mol. The Balaban J connectivity index is 2.11. The first-order chi connectivity index (χ1) is 12.7. The van der Waals surface area contributed by atoms with E-state index in [-0.39, 0.29) is 12.4 Å². The molecule has 0 aliphatic rings. The Morgan fingerprint density at radius 3 is 2.46 bits per heavy atom. The second-order valence-corrected chi connectivity index (χ2v) is 6.41. The number of aryl methyl sites for hydroxylation is 1. The number of unbranched alkanes of at least 4 members (excludes halogenated alkanes) is 4. The molecular weight excluding hydrogens is 328 g/mol. The number of carbonyl (C=O) groups excluding carboxylic acids is 1. The third-order valence-electron chi connectivity index (χ3n) is 4.36. The Labute approximate surface area is 155 Å². The number of carbonyl (C=O) groups is 1. The zero-order chi connectivity index (χ0) is 18.8. The van der Waals surface area contributed by atoms with Crippen LogP contribution in [0.5, 0.6) is 11.5 Å². The van der Waals surface area contributed by atoms with E-state index in [9.17, 15) is 9.90 Å². The van der Waals surface area contributed by atoms with Gasteiger partial charge in [0.25, 0.3) is 0 Å². The summed E-state index contributed by atoms with van der Waals surface area (Å²) >= 11 is 0. The topological polar surface area (TPSA) is 55.8 Å². The van der Waals surface area contributed by atoms with Crippen molar-refractivity contribution in [2.24, 2.45) is 0 Å². The van der Waals surface area contributed by atoms with Gasteiger partial charge in [0.05, 0.1) is 7.11 Å². The summed E-state index contributed by atoms with van der Waals surface area (Å²) in [4.78, 5) is 12.7. The van der Waals surface area contributed by atoms with E-state index >= 15 is 0 Å². The summed E-state index contributed by atoms with van der Waals surface area (Å²) in [6.07, 6.45) is 6.37. The average molecular weight is 356 g/mol. The number of hydrogen-bond donors (Lipinski definition) is 1. The average Bonchev–Trinajstić information content (AvgIpc) is 2.66. The van der Waals surface area contributed by atoms with Crippen molar-refractivity contribution in [1.29, 1.82) is 0 Å². The van der Waals surface area contributed by atoms with Crippen LogP contribution in [0.2, 0.25) is 0 Å². The van der Waals surface area contributed by atoms with Gasteiger partial charge in [0.2, 0.25) is 0 Å². The highest BCUT2D eigenvalue weighted by atomic mass is 16.5. The van der Waals surface area contributed by atoms with Crippen molar-refractivity contribution in [2.75, 3.05) is 7.11 Å². The van der Waals surface area contributed by atoms with Crippen LogP contribution in [0.3, 0.4) is 0 Å². The van der Waals surface area contributed by atoms with E-state index in [4.69, 9.17) is 9.47 Å². The molecule has 0 aromatic heterocycles. The molecule has 0 unspecified atom stereocenters. The summed E-state index contributed by atoms with van der Waals surface area (Å²) in [6.45, 7) is 2.39. The maximum Gasteiger partial charge on any atom is 0.342 e. The van der Waals surface area contributed by atoms with Crippen LogP contribution in [0.15, 0.2) is 42.5 Å². The lowest BCUT2D eigenvalue weighted by Crippen LogP contribution is -2.11. The molecule has 0 saturated heterocycles. The fraction of sp³-hybridized carbons (Fsp3) is 0.409. The van der Waals surface area contributed by atoms with Crippen LogP contribution in [0.25, 0.3) is 0 Å². The molecule has 0 bridgehead atoms. The fourth-order valence-corrected chi connectivity index (χ4v) is 2.96. The third kappa shape index (κ3) is 5.80. The Morgan fingerprint density at radius 1 is 1.04 bits per heavy atom. The Hall–Kier alpha value is -2.49. The van der Waals surface area contributed by atoms with E-state index in [0.717, 1.165) is 24.0 Å². The highest BCUT2D eigenvalue weighted by Gasteiger charge is 2.20. The van der Waals surface area contributed by atoms with Gasteiger partial charge in [-0.25, -0.2) is 4.79 Å². The molecule has 0 atom stereocenters. The van der Waals surface area contributed by atoms with Crippen molar-refractivity contribution in [2.45, 2.75) is 52.1 Å². The maximum absolute atomic E-state index is 12.7. The molecule has 26 heavy (non-hydrogen) atoms. The van der Waals surface area contributed by atoms with Gasteiger partial charge >= 0.3 is 5.97 Å². The van der Waals surface area contributed by atoms with Crippen molar-refractivity contribution in [1.82, 2.24) is 0 Å². The number of esters is 1.